The third kappa shape index (κ3) is 5.77. The predicted molar refractivity (Wildman–Crippen MR) is 100 cm³/mol. The summed E-state index contributed by atoms with van der Waals surface area (Å²) in [5.74, 6) is 1.53. The molecule has 0 saturated carbocycles. The summed E-state index contributed by atoms with van der Waals surface area (Å²) in [6, 6.07) is 3.79. The number of hydrogen-bond acceptors (Lipinski definition) is 4. The van der Waals surface area contributed by atoms with Crippen molar-refractivity contribution in [1.82, 2.24) is 0 Å². The van der Waals surface area contributed by atoms with Gasteiger partial charge in [-0.1, -0.05) is 47.6 Å². The highest BCUT2D eigenvalue weighted by molar-refractivity contribution is 6.19. The van der Waals surface area contributed by atoms with Crippen LogP contribution >= 0.6 is 0 Å². The van der Waals surface area contributed by atoms with Gasteiger partial charge in [0.15, 0.2) is 5.78 Å². The first-order valence-corrected chi connectivity index (χ1v) is 8.25. The Balaban J connectivity index is 3.60. The van der Waals surface area contributed by atoms with Crippen LogP contribution in [0.5, 0.6) is 5.75 Å². The molecule has 0 fully saturated rings. The lowest BCUT2D eigenvalue weighted by Crippen LogP contribution is -2.22. The van der Waals surface area contributed by atoms with Crippen molar-refractivity contribution in [3.63, 3.8) is 0 Å². The van der Waals surface area contributed by atoms with Gasteiger partial charge in [0.05, 0.1) is 7.11 Å². The SMILES string of the molecule is [B]/C=C/C(=O)Cc1cc(OC(=O)OC)c(C(C)(C)C)cc1C(C)(C)C. The van der Waals surface area contributed by atoms with E-state index in [-0.39, 0.29) is 23.0 Å². The van der Waals surface area contributed by atoms with Crippen LogP contribution in [0.15, 0.2) is 24.2 Å². The van der Waals surface area contributed by atoms with E-state index in [9.17, 15) is 9.59 Å². The summed E-state index contributed by atoms with van der Waals surface area (Å²) in [7, 11) is 6.58. The molecule has 0 aliphatic heterocycles. The first-order valence-electron chi connectivity index (χ1n) is 8.25. The molecular weight excluding hydrogens is 315 g/mol. The second-order valence-corrected chi connectivity index (χ2v) is 8.06. The molecular formula is C20H27BO4. The molecule has 134 valence electrons. The third-order valence-electron chi connectivity index (χ3n) is 3.83. The summed E-state index contributed by atoms with van der Waals surface area (Å²) in [5, 5.41) is 0. The van der Waals surface area contributed by atoms with E-state index in [1.165, 1.54) is 19.2 Å². The molecule has 1 rings (SSSR count). The van der Waals surface area contributed by atoms with E-state index < -0.39 is 6.16 Å². The molecule has 0 bridgehead atoms. The zero-order valence-corrected chi connectivity index (χ0v) is 16.2. The Bertz CT molecular complexity index is 676. The van der Waals surface area contributed by atoms with Crippen LogP contribution in [0, 0.1) is 0 Å². The van der Waals surface area contributed by atoms with E-state index >= 15 is 0 Å². The van der Waals surface area contributed by atoms with Gasteiger partial charge < -0.3 is 9.47 Å². The maximum absolute atomic E-state index is 12.1. The van der Waals surface area contributed by atoms with Gasteiger partial charge in [0, 0.05) is 12.0 Å². The number of rotatable bonds is 4. The van der Waals surface area contributed by atoms with E-state index in [0.717, 1.165) is 16.7 Å². The Labute approximate surface area is 152 Å². The van der Waals surface area contributed by atoms with Crippen LogP contribution in [0.2, 0.25) is 0 Å². The number of ether oxygens (including phenoxy) is 2. The van der Waals surface area contributed by atoms with Crippen molar-refractivity contribution in [3.8, 4) is 5.75 Å². The quantitative estimate of drug-likeness (QED) is 0.356. The number of benzene rings is 1. The van der Waals surface area contributed by atoms with Crippen molar-refractivity contribution in [3.05, 3.63) is 40.9 Å². The standard InChI is InChI=1S/C20H27BO4/c1-19(2,3)15-12-16(20(4,5)6)17(25-18(23)24-7)11-13(15)10-14(22)8-9-21/h8-9,11-12H,10H2,1-7H3/b9-8+. The van der Waals surface area contributed by atoms with Crippen LogP contribution in [-0.4, -0.2) is 26.9 Å². The monoisotopic (exact) mass is 342 g/mol. The van der Waals surface area contributed by atoms with Crippen molar-refractivity contribution in [1.29, 1.82) is 0 Å². The van der Waals surface area contributed by atoms with Crippen LogP contribution in [0.4, 0.5) is 4.79 Å². The largest absolute Gasteiger partial charge is 0.513 e. The van der Waals surface area contributed by atoms with Crippen molar-refractivity contribution in [2.45, 2.75) is 58.8 Å². The number of allylic oxidation sites excluding steroid dienone is 1. The van der Waals surface area contributed by atoms with Crippen molar-refractivity contribution < 1.29 is 19.1 Å². The van der Waals surface area contributed by atoms with E-state index in [2.05, 4.69) is 25.5 Å². The highest BCUT2D eigenvalue weighted by Gasteiger charge is 2.27. The molecule has 0 amide bonds. The molecule has 1 aromatic carbocycles. The van der Waals surface area contributed by atoms with Crippen molar-refractivity contribution in [2.24, 2.45) is 0 Å². The predicted octanol–water partition coefficient (Wildman–Crippen LogP) is 4.22. The Hall–Kier alpha value is -2.04. The summed E-state index contributed by atoms with van der Waals surface area (Å²) in [5.41, 5.74) is 2.30. The van der Waals surface area contributed by atoms with Gasteiger partial charge in [0.1, 0.15) is 13.6 Å². The van der Waals surface area contributed by atoms with Gasteiger partial charge in [-0.2, -0.15) is 0 Å². The number of ketones is 1. The van der Waals surface area contributed by atoms with Crippen molar-refractivity contribution >= 4 is 19.8 Å². The van der Waals surface area contributed by atoms with E-state index in [0.29, 0.717) is 5.75 Å². The second-order valence-electron chi connectivity index (χ2n) is 8.06. The Morgan fingerprint density at radius 2 is 1.60 bits per heavy atom. The highest BCUT2D eigenvalue weighted by atomic mass is 16.7. The second kappa shape index (κ2) is 7.90. The average molecular weight is 342 g/mol. The Kier molecular flexibility index (Phi) is 6.64. The summed E-state index contributed by atoms with van der Waals surface area (Å²) in [6.07, 6.45) is 0.737. The molecule has 0 aliphatic rings. The lowest BCUT2D eigenvalue weighted by Gasteiger charge is -2.29. The molecule has 0 aromatic heterocycles. The molecule has 2 radical (unpaired) electrons. The minimum absolute atomic E-state index is 0.111. The van der Waals surface area contributed by atoms with Gasteiger partial charge in [-0.05, 0) is 34.1 Å². The average Bonchev–Trinajstić information content (AvgIpc) is 2.44. The van der Waals surface area contributed by atoms with Gasteiger partial charge in [0.25, 0.3) is 0 Å². The molecule has 0 N–H and O–H groups in total. The van der Waals surface area contributed by atoms with Crippen LogP contribution < -0.4 is 4.74 Å². The molecule has 0 heterocycles. The number of hydrogen-bond donors (Lipinski definition) is 0. The van der Waals surface area contributed by atoms with Crippen LogP contribution in [-0.2, 0) is 26.8 Å². The molecule has 1 aromatic rings. The lowest BCUT2D eigenvalue weighted by molar-refractivity contribution is -0.114. The highest BCUT2D eigenvalue weighted by Crippen LogP contribution is 2.38. The summed E-state index contributed by atoms with van der Waals surface area (Å²) < 4.78 is 9.98. The number of carbonyl (C=O) groups excluding carboxylic acids is 2. The van der Waals surface area contributed by atoms with E-state index in [1.807, 2.05) is 26.8 Å². The van der Waals surface area contributed by atoms with Gasteiger partial charge in [-0.15, -0.1) is 5.98 Å². The summed E-state index contributed by atoms with van der Waals surface area (Å²) in [6.45, 7) is 12.4. The smallest absolute Gasteiger partial charge is 0.437 e. The topological polar surface area (TPSA) is 52.6 Å². The third-order valence-corrected chi connectivity index (χ3v) is 3.83. The maximum Gasteiger partial charge on any atom is 0.513 e. The van der Waals surface area contributed by atoms with Gasteiger partial charge >= 0.3 is 6.16 Å². The molecule has 0 atom stereocenters. The summed E-state index contributed by atoms with van der Waals surface area (Å²) in [4.78, 5) is 23.7. The van der Waals surface area contributed by atoms with Gasteiger partial charge in [-0.25, -0.2) is 4.79 Å². The van der Waals surface area contributed by atoms with Gasteiger partial charge in [0.2, 0.25) is 0 Å². The van der Waals surface area contributed by atoms with Crippen LogP contribution in [0.1, 0.15) is 58.2 Å². The molecule has 0 aliphatic carbocycles. The first kappa shape index (κ1) is 21.0. The summed E-state index contributed by atoms with van der Waals surface area (Å²) >= 11 is 0. The zero-order valence-electron chi connectivity index (χ0n) is 16.2. The van der Waals surface area contributed by atoms with Crippen LogP contribution in [0.25, 0.3) is 0 Å². The molecule has 0 saturated heterocycles. The fraction of sp³-hybridized carbons (Fsp3) is 0.500. The fourth-order valence-electron chi connectivity index (χ4n) is 2.62. The fourth-order valence-corrected chi connectivity index (χ4v) is 2.62. The molecule has 0 spiro atoms. The molecule has 4 nitrogen and oxygen atoms in total. The normalized spacial score (nSPS) is 12.3. The minimum atomic E-state index is -0.784. The number of carbonyl (C=O) groups is 2. The molecule has 0 unspecified atom stereocenters. The minimum Gasteiger partial charge on any atom is -0.437 e. The van der Waals surface area contributed by atoms with Crippen LogP contribution in [0.3, 0.4) is 0 Å². The Morgan fingerprint density at radius 3 is 2.04 bits per heavy atom. The van der Waals surface area contributed by atoms with Crippen molar-refractivity contribution in [2.75, 3.05) is 7.11 Å². The zero-order chi connectivity index (χ0) is 19.4. The lowest BCUT2D eigenvalue weighted by atomic mass is 9.77. The molecule has 25 heavy (non-hydrogen) atoms. The van der Waals surface area contributed by atoms with E-state index in [4.69, 9.17) is 12.6 Å². The molecule has 5 heteroatoms. The first-order chi connectivity index (χ1) is 11.4. The number of methoxy groups -OCH3 is 1. The van der Waals surface area contributed by atoms with E-state index in [1.54, 1.807) is 6.07 Å². The maximum atomic E-state index is 12.1. The van der Waals surface area contributed by atoms with Gasteiger partial charge in [-0.3, -0.25) is 4.79 Å². The Morgan fingerprint density at radius 1 is 1.04 bits per heavy atom.